The lowest BCUT2D eigenvalue weighted by molar-refractivity contribution is -0.147. The van der Waals surface area contributed by atoms with E-state index in [1.54, 1.807) is 0 Å². The predicted octanol–water partition coefficient (Wildman–Crippen LogP) is 3.02. The first-order chi connectivity index (χ1) is 9.89. The normalized spacial score (nSPS) is 22.7. The van der Waals surface area contributed by atoms with Crippen molar-refractivity contribution in [1.29, 1.82) is 0 Å². The lowest BCUT2D eigenvalue weighted by atomic mass is 9.90. The van der Waals surface area contributed by atoms with Gasteiger partial charge < -0.3 is 9.84 Å². The molecular weight excluding hydrogens is 266 g/mol. The summed E-state index contributed by atoms with van der Waals surface area (Å²) in [4.78, 5) is 13.5. The Balaban J connectivity index is 1.95. The van der Waals surface area contributed by atoms with Gasteiger partial charge in [-0.1, -0.05) is 26.0 Å². The summed E-state index contributed by atoms with van der Waals surface area (Å²) in [6.45, 7) is 9.02. The number of aliphatic carboxylic acids is 1. The van der Waals surface area contributed by atoms with Crippen molar-refractivity contribution in [3.63, 3.8) is 0 Å². The lowest BCUT2D eigenvalue weighted by Gasteiger charge is -2.20. The van der Waals surface area contributed by atoms with Crippen molar-refractivity contribution in [3.05, 3.63) is 29.8 Å². The van der Waals surface area contributed by atoms with Crippen LogP contribution >= 0.6 is 0 Å². The summed E-state index contributed by atoms with van der Waals surface area (Å²) in [5.74, 6) is 0.698. The highest BCUT2D eigenvalue weighted by molar-refractivity contribution is 5.74. The largest absolute Gasteiger partial charge is 0.493 e. The molecule has 1 fully saturated rings. The molecule has 1 atom stereocenters. The van der Waals surface area contributed by atoms with Crippen molar-refractivity contribution in [2.45, 2.75) is 33.7 Å². The summed E-state index contributed by atoms with van der Waals surface area (Å²) in [6.07, 6.45) is 0.714. The second kappa shape index (κ2) is 6.48. The number of benzene rings is 1. The molecule has 0 saturated carbocycles. The third kappa shape index (κ3) is 4.21. The molecule has 1 N–H and O–H groups in total. The van der Waals surface area contributed by atoms with Crippen LogP contribution in [-0.2, 0) is 11.3 Å². The second-order valence-corrected chi connectivity index (χ2v) is 6.68. The van der Waals surface area contributed by atoms with Crippen LogP contribution in [0.3, 0.4) is 0 Å². The number of ether oxygens (including phenoxy) is 1. The van der Waals surface area contributed by atoms with E-state index in [0.717, 1.165) is 18.8 Å². The van der Waals surface area contributed by atoms with E-state index in [2.05, 4.69) is 30.9 Å². The van der Waals surface area contributed by atoms with Gasteiger partial charge in [0.2, 0.25) is 0 Å². The van der Waals surface area contributed by atoms with Crippen LogP contribution in [0, 0.1) is 11.3 Å². The van der Waals surface area contributed by atoms with Crippen LogP contribution in [0.25, 0.3) is 0 Å². The molecule has 1 saturated heterocycles. The quantitative estimate of drug-likeness (QED) is 0.875. The van der Waals surface area contributed by atoms with Crippen LogP contribution in [0.2, 0.25) is 0 Å². The Hall–Kier alpha value is -1.55. The number of hydrogen-bond acceptors (Lipinski definition) is 3. The monoisotopic (exact) mass is 291 g/mol. The second-order valence-electron chi connectivity index (χ2n) is 6.68. The maximum Gasteiger partial charge on any atom is 0.310 e. The van der Waals surface area contributed by atoms with E-state index in [1.807, 2.05) is 19.1 Å². The molecule has 116 valence electrons. The molecule has 4 nitrogen and oxygen atoms in total. The highest BCUT2D eigenvalue weighted by Crippen LogP contribution is 2.31. The minimum absolute atomic E-state index is 0.503. The number of likely N-dealkylation sites (tertiary alicyclic amines) is 1. The number of rotatable bonds is 6. The van der Waals surface area contributed by atoms with Gasteiger partial charge in [0.05, 0.1) is 12.0 Å². The standard InChI is InChI=1S/C17H25NO3/c1-13(2)11-21-15-6-4-5-14(9-15)10-18-8-7-17(3,12-18)16(19)20/h4-6,9,13H,7-8,10-12H2,1-3H3,(H,19,20). The number of carboxylic acids is 1. The predicted molar refractivity (Wildman–Crippen MR) is 82.4 cm³/mol. The minimum atomic E-state index is -0.695. The zero-order valence-corrected chi connectivity index (χ0v) is 13.1. The molecule has 0 aliphatic carbocycles. The Kier molecular flexibility index (Phi) is 4.88. The summed E-state index contributed by atoms with van der Waals surface area (Å²) < 4.78 is 5.74. The first-order valence-electron chi connectivity index (χ1n) is 7.56. The van der Waals surface area contributed by atoms with E-state index in [9.17, 15) is 9.90 Å². The number of carbonyl (C=O) groups is 1. The molecule has 21 heavy (non-hydrogen) atoms. The number of hydrogen-bond donors (Lipinski definition) is 1. The summed E-state index contributed by atoms with van der Waals surface area (Å²) in [5, 5.41) is 9.28. The van der Waals surface area contributed by atoms with Crippen LogP contribution in [0.1, 0.15) is 32.8 Å². The van der Waals surface area contributed by atoms with E-state index in [0.29, 0.717) is 25.5 Å². The Morgan fingerprint density at radius 2 is 2.24 bits per heavy atom. The van der Waals surface area contributed by atoms with Gasteiger partial charge in [0, 0.05) is 13.1 Å². The first-order valence-corrected chi connectivity index (χ1v) is 7.56. The smallest absolute Gasteiger partial charge is 0.310 e. The summed E-state index contributed by atoms with van der Waals surface area (Å²) in [5.41, 5.74) is 0.567. The fourth-order valence-corrected chi connectivity index (χ4v) is 2.62. The average Bonchev–Trinajstić information content (AvgIpc) is 2.80. The Morgan fingerprint density at radius 1 is 1.48 bits per heavy atom. The number of carboxylic acid groups (broad SMARTS) is 1. The van der Waals surface area contributed by atoms with Crippen molar-refractivity contribution in [3.8, 4) is 5.75 Å². The van der Waals surface area contributed by atoms with Crippen molar-refractivity contribution < 1.29 is 14.6 Å². The number of nitrogens with zero attached hydrogens (tertiary/aromatic N) is 1. The maximum atomic E-state index is 11.3. The first kappa shape index (κ1) is 15.8. The van der Waals surface area contributed by atoms with Gasteiger partial charge in [-0.2, -0.15) is 0 Å². The fourth-order valence-electron chi connectivity index (χ4n) is 2.62. The Morgan fingerprint density at radius 3 is 2.86 bits per heavy atom. The molecule has 1 aliphatic heterocycles. The molecule has 4 heteroatoms. The molecule has 1 heterocycles. The van der Waals surface area contributed by atoms with E-state index in [-0.39, 0.29) is 0 Å². The topological polar surface area (TPSA) is 49.8 Å². The molecule has 0 bridgehead atoms. The molecule has 0 spiro atoms. The summed E-state index contributed by atoms with van der Waals surface area (Å²) in [6, 6.07) is 8.09. The van der Waals surface area contributed by atoms with E-state index >= 15 is 0 Å². The van der Waals surface area contributed by atoms with Gasteiger partial charge in [-0.15, -0.1) is 0 Å². The fraction of sp³-hybridized carbons (Fsp3) is 0.588. The highest BCUT2D eigenvalue weighted by Gasteiger charge is 2.40. The molecule has 1 aliphatic rings. The molecule has 1 aromatic carbocycles. The Labute approximate surface area is 126 Å². The van der Waals surface area contributed by atoms with Crippen molar-refractivity contribution >= 4 is 5.97 Å². The zero-order chi connectivity index (χ0) is 15.5. The summed E-state index contributed by atoms with van der Waals surface area (Å²) >= 11 is 0. The minimum Gasteiger partial charge on any atom is -0.493 e. The molecular formula is C17H25NO3. The zero-order valence-electron chi connectivity index (χ0n) is 13.1. The van der Waals surface area contributed by atoms with Crippen LogP contribution in [0.15, 0.2) is 24.3 Å². The third-order valence-corrected chi connectivity index (χ3v) is 3.96. The SMILES string of the molecule is CC(C)COc1cccc(CN2CCC(C)(C(=O)O)C2)c1. The van der Waals surface area contributed by atoms with Crippen molar-refractivity contribution in [2.75, 3.05) is 19.7 Å². The molecule has 0 radical (unpaired) electrons. The van der Waals surface area contributed by atoms with E-state index in [1.165, 1.54) is 5.56 Å². The maximum absolute atomic E-state index is 11.3. The highest BCUT2D eigenvalue weighted by atomic mass is 16.5. The molecule has 0 aromatic heterocycles. The van der Waals surface area contributed by atoms with Gasteiger partial charge in [-0.05, 0) is 43.5 Å². The molecule has 0 amide bonds. The molecule has 1 aromatic rings. The van der Waals surface area contributed by atoms with Crippen LogP contribution in [0.5, 0.6) is 5.75 Å². The van der Waals surface area contributed by atoms with Crippen LogP contribution in [-0.4, -0.2) is 35.7 Å². The molecule has 2 rings (SSSR count). The molecule has 1 unspecified atom stereocenters. The van der Waals surface area contributed by atoms with Gasteiger partial charge in [0.1, 0.15) is 5.75 Å². The lowest BCUT2D eigenvalue weighted by Crippen LogP contribution is -2.31. The van der Waals surface area contributed by atoms with Crippen molar-refractivity contribution in [2.24, 2.45) is 11.3 Å². The van der Waals surface area contributed by atoms with Gasteiger partial charge in [0.15, 0.2) is 0 Å². The Bertz CT molecular complexity index is 501. The van der Waals surface area contributed by atoms with Gasteiger partial charge in [-0.25, -0.2) is 0 Å². The van der Waals surface area contributed by atoms with Crippen molar-refractivity contribution in [1.82, 2.24) is 4.90 Å². The average molecular weight is 291 g/mol. The van der Waals surface area contributed by atoms with Crippen LogP contribution < -0.4 is 4.74 Å². The van der Waals surface area contributed by atoms with E-state index < -0.39 is 11.4 Å². The van der Waals surface area contributed by atoms with Crippen LogP contribution in [0.4, 0.5) is 0 Å². The van der Waals surface area contributed by atoms with Gasteiger partial charge in [-0.3, -0.25) is 9.69 Å². The van der Waals surface area contributed by atoms with Gasteiger partial charge in [0.25, 0.3) is 0 Å². The van der Waals surface area contributed by atoms with E-state index in [4.69, 9.17) is 4.74 Å². The third-order valence-electron chi connectivity index (χ3n) is 3.96. The summed E-state index contributed by atoms with van der Waals surface area (Å²) in [7, 11) is 0. The van der Waals surface area contributed by atoms with Gasteiger partial charge >= 0.3 is 5.97 Å².